The van der Waals surface area contributed by atoms with Gasteiger partial charge < -0.3 is 20.7 Å². The lowest BCUT2D eigenvalue weighted by atomic mass is 9.75. The van der Waals surface area contributed by atoms with E-state index < -0.39 is 21.4 Å². The highest BCUT2D eigenvalue weighted by Gasteiger charge is 2.38. The van der Waals surface area contributed by atoms with Crippen LogP contribution >= 0.6 is 11.6 Å². The zero-order valence-electron chi connectivity index (χ0n) is 18.3. The van der Waals surface area contributed by atoms with Gasteiger partial charge in [-0.05, 0) is 74.7 Å². The second kappa shape index (κ2) is 10.1. The predicted octanol–water partition coefficient (Wildman–Crippen LogP) is 3.72. The standard InChI is InChI=1S/C22H28ClFN4O3S/c1-22(16-10-12-25-13-11-16,15-4-7-18(31-2)8-5-15)27-21(28-32(3,29)30)26-20-9-6-17(23)14-19(20)24/h4-9,14,16,25H,10-13H2,1-3H3,(H2,26,27,28). The monoisotopic (exact) mass is 482 g/mol. The first kappa shape index (κ1) is 24.3. The first-order valence-electron chi connectivity index (χ1n) is 10.3. The minimum Gasteiger partial charge on any atom is -0.497 e. The Hall–Kier alpha value is -2.36. The zero-order valence-corrected chi connectivity index (χ0v) is 19.9. The number of guanidine groups is 1. The van der Waals surface area contributed by atoms with Gasteiger partial charge in [-0.1, -0.05) is 23.7 Å². The summed E-state index contributed by atoms with van der Waals surface area (Å²) in [4.78, 5) is 0. The first-order valence-corrected chi connectivity index (χ1v) is 12.5. The van der Waals surface area contributed by atoms with Crippen LogP contribution < -0.4 is 20.7 Å². The average molecular weight is 483 g/mol. The molecule has 3 N–H and O–H groups in total. The van der Waals surface area contributed by atoms with E-state index in [0.29, 0.717) is 5.75 Å². The van der Waals surface area contributed by atoms with E-state index in [1.54, 1.807) is 7.11 Å². The van der Waals surface area contributed by atoms with Crippen molar-refractivity contribution in [2.24, 2.45) is 10.3 Å². The molecule has 0 spiro atoms. The normalized spacial score (nSPS) is 17.5. The van der Waals surface area contributed by atoms with Crippen LogP contribution in [0.3, 0.4) is 0 Å². The number of benzene rings is 2. The third-order valence-electron chi connectivity index (χ3n) is 5.66. The van der Waals surface area contributed by atoms with Gasteiger partial charge in [0.15, 0.2) is 0 Å². The van der Waals surface area contributed by atoms with Crippen LogP contribution in [0.1, 0.15) is 25.3 Å². The van der Waals surface area contributed by atoms with Gasteiger partial charge in [0.05, 0.1) is 24.6 Å². The molecule has 1 aliphatic rings. The van der Waals surface area contributed by atoms with Gasteiger partial charge in [-0.2, -0.15) is 0 Å². The van der Waals surface area contributed by atoms with Gasteiger partial charge in [0, 0.05) is 5.02 Å². The summed E-state index contributed by atoms with van der Waals surface area (Å²) < 4.78 is 47.6. The molecule has 2 aromatic rings. The lowest BCUT2D eigenvalue weighted by molar-refractivity contribution is 0.211. The molecule has 10 heteroatoms. The summed E-state index contributed by atoms with van der Waals surface area (Å²) in [5, 5.41) is 9.68. The fourth-order valence-electron chi connectivity index (χ4n) is 3.95. The van der Waals surface area contributed by atoms with Crippen LogP contribution in [0.2, 0.25) is 5.02 Å². The van der Waals surface area contributed by atoms with Crippen molar-refractivity contribution < 1.29 is 17.5 Å². The highest BCUT2D eigenvalue weighted by atomic mass is 35.5. The van der Waals surface area contributed by atoms with Crippen molar-refractivity contribution in [3.8, 4) is 5.75 Å². The molecule has 3 rings (SSSR count). The van der Waals surface area contributed by atoms with Gasteiger partial charge in [-0.25, -0.2) is 12.8 Å². The van der Waals surface area contributed by atoms with E-state index in [4.69, 9.17) is 16.3 Å². The number of nitrogens with one attached hydrogen (secondary N) is 3. The summed E-state index contributed by atoms with van der Waals surface area (Å²) in [6, 6.07) is 11.7. The van der Waals surface area contributed by atoms with Gasteiger partial charge >= 0.3 is 0 Å². The lowest BCUT2D eigenvalue weighted by Gasteiger charge is -2.42. The van der Waals surface area contributed by atoms with Crippen molar-refractivity contribution in [3.05, 3.63) is 58.9 Å². The Morgan fingerprint density at radius 2 is 1.88 bits per heavy atom. The number of ether oxygens (including phenoxy) is 1. The van der Waals surface area contributed by atoms with Crippen molar-refractivity contribution in [3.63, 3.8) is 0 Å². The molecule has 1 aliphatic heterocycles. The Kier molecular flexibility index (Phi) is 7.63. The molecule has 0 amide bonds. The van der Waals surface area contributed by atoms with Crippen LogP contribution in [-0.4, -0.2) is 40.8 Å². The number of piperidine rings is 1. The van der Waals surface area contributed by atoms with Crippen molar-refractivity contribution in [1.82, 2.24) is 10.6 Å². The Balaban J connectivity index is 2.02. The Morgan fingerprint density at radius 1 is 1.22 bits per heavy atom. The second-order valence-electron chi connectivity index (χ2n) is 8.00. The molecule has 1 fully saturated rings. The highest BCUT2D eigenvalue weighted by Crippen LogP contribution is 2.36. The van der Waals surface area contributed by atoms with Crippen molar-refractivity contribution in [1.29, 1.82) is 0 Å². The van der Waals surface area contributed by atoms with Crippen molar-refractivity contribution in [2.75, 3.05) is 31.8 Å². The molecule has 0 radical (unpaired) electrons. The predicted molar refractivity (Wildman–Crippen MR) is 126 cm³/mol. The number of sulfonamides is 1. The minimum atomic E-state index is -3.78. The third-order valence-corrected chi connectivity index (χ3v) is 6.41. The Morgan fingerprint density at radius 3 is 2.44 bits per heavy atom. The van der Waals surface area contributed by atoms with Crippen LogP contribution in [0.25, 0.3) is 0 Å². The molecule has 1 heterocycles. The van der Waals surface area contributed by atoms with Crippen LogP contribution in [0.5, 0.6) is 5.75 Å². The van der Waals surface area contributed by atoms with Crippen LogP contribution in [0.4, 0.5) is 10.1 Å². The van der Waals surface area contributed by atoms with E-state index >= 15 is 0 Å². The van der Waals surface area contributed by atoms with E-state index in [0.717, 1.165) is 43.8 Å². The number of hydrogen-bond acceptors (Lipinski definition) is 4. The number of methoxy groups -OCH3 is 1. The molecule has 174 valence electrons. The summed E-state index contributed by atoms with van der Waals surface area (Å²) in [5.41, 5.74) is 0.310. The molecule has 0 aromatic heterocycles. The Bertz CT molecular complexity index is 1070. The Labute approximate surface area is 193 Å². The minimum absolute atomic E-state index is 0.0618. The maximum absolute atomic E-state index is 14.4. The van der Waals surface area contributed by atoms with Crippen LogP contribution in [0, 0.1) is 11.7 Å². The largest absolute Gasteiger partial charge is 0.497 e. The number of halogens is 2. The first-order chi connectivity index (χ1) is 15.1. The van der Waals surface area contributed by atoms with E-state index in [9.17, 15) is 12.8 Å². The maximum atomic E-state index is 14.4. The SMILES string of the molecule is COc1ccc(C(C)(NC(=NS(C)(=O)=O)Nc2ccc(Cl)cc2F)C2CCNCC2)cc1. The quantitative estimate of drug-likeness (QED) is 0.429. The van der Waals surface area contributed by atoms with Gasteiger partial charge in [-0.15, -0.1) is 4.40 Å². The number of nitrogens with zero attached hydrogens (tertiary/aromatic N) is 1. The molecule has 1 saturated heterocycles. The van der Waals surface area contributed by atoms with Crippen molar-refractivity contribution >= 4 is 33.3 Å². The molecule has 1 atom stereocenters. The summed E-state index contributed by atoms with van der Waals surface area (Å²) in [7, 11) is -2.18. The van der Waals surface area contributed by atoms with Crippen molar-refractivity contribution in [2.45, 2.75) is 25.3 Å². The molecular formula is C22H28ClFN4O3S. The second-order valence-corrected chi connectivity index (χ2v) is 10.1. The average Bonchev–Trinajstić information content (AvgIpc) is 2.75. The molecule has 2 aromatic carbocycles. The summed E-state index contributed by atoms with van der Waals surface area (Å²) in [6.45, 7) is 3.69. The number of rotatable bonds is 6. The number of anilines is 1. The maximum Gasteiger partial charge on any atom is 0.253 e. The van der Waals surface area contributed by atoms with Gasteiger partial charge in [0.1, 0.15) is 11.6 Å². The molecule has 0 bridgehead atoms. The lowest BCUT2D eigenvalue weighted by Crippen LogP contribution is -2.53. The fourth-order valence-corrected chi connectivity index (χ4v) is 4.54. The van der Waals surface area contributed by atoms with Gasteiger partial charge in [0.25, 0.3) is 10.0 Å². The smallest absolute Gasteiger partial charge is 0.253 e. The van der Waals surface area contributed by atoms with E-state index in [2.05, 4.69) is 20.3 Å². The van der Waals surface area contributed by atoms with Crippen LogP contribution in [-0.2, 0) is 15.6 Å². The molecule has 0 saturated carbocycles. The molecule has 32 heavy (non-hydrogen) atoms. The van der Waals surface area contributed by atoms with Crippen LogP contribution in [0.15, 0.2) is 46.9 Å². The molecule has 1 unspecified atom stereocenters. The van der Waals surface area contributed by atoms with E-state index in [1.807, 2.05) is 31.2 Å². The molecular weight excluding hydrogens is 455 g/mol. The summed E-state index contributed by atoms with van der Waals surface area (Å²) >= 11 is 5.85. The topological polar surface area (TPSA) is 91.8 Å². The number of hydrogen-bond donors (Lipinski definition) is 3. The van der Waals surface area contributed by atoms with E-state index in [-0.39, 0.29) is 22.6 Å². The third kappa shape index (κ3) is 6.11. The molecule has 0 aliphatic carbocycles. The highest BCUT2D eigenvalue weighted by molar-refractivity contribution is 7.89. The fraction of sp³-hybridized carbons (Fsp3) is 0.409. The van der Waals surface area contributed by atoms with Gasteiger partial charge in [0.2, 0.25) is 5.96 Å². The summed E-state index contributed by atoms with van der Waals surface area (Å²) in [5.74, 6) is 0.200. The van der Waals surface area contributed by atoms with E-state index in [1.165, 1.54) is 12.1 Å². The van der Waals surface area contributed by atoms with Gasteiger partial charge in [-0.3, -0.25) is 0 Å². The molecule has 7 nitrogen and oxygen atoms in total. The zero-order chi connectivity index (χ0) is 23.4. The summed E-state index contributed by atoms with van der Waals surface area (Å²) in [6.07, 6.45) is 2.73.